The number of hydrogen-bond acceptors (Lipinski definition) is 3. The lowest BCUT2D eigenvalue weighted by molar-refractivity contribution is -0.139. The minimum absolute atomic E-state index is 0.0450. The fraction of sp³-hybridized carbons (Fsp3) is 0.846. The molecule has 0 atom stereocenters. The molecule has 0 aromatic heterocycles. The van der Waals surface area contributed by atoms with Crippen molar-refractivity contribution in [3.05, 3.63) is 0 Å². The molecule has 0 radical (unpaired) electrons. The molecular formula is C13H24FN3O3. The molecule has 0 bridgehead atoms. The largest absolute Gasteiger partial charge is 0.480 e. The van der Waals surface area contributed by atoms with Crippen LogP contribution in [0.4, 0.5) is 9.18 Å². The number of amides is 2. The van der Waals surface area contributed by atoms with Crippen LogP contribution in [0.3, 0.4) is 0 Å². The Balaban J connectivity index is 2.14. The van der Waals surface area contributed by atoms with Gasteiger partial charge < -0.3 is 15.7 Å². The van der Waals surface area contributed by atoms with Crippen LogP contribution in [-0.4, -0.2) is 60.4 Å². The minimum atomic E-state index is -0.825. The van der Waals surface area contributed by atoms with Crippen LogP contribution >= 0.6 is 0 Å². The predicted octanol–water partition coefficient (Wildman–Crippen LogP) is 0.973. The number of rotatable bonds is 9. The van der Waals surface area contributed by atoms with Crippen LogP contribution in [0.2, 0.25) is 0 Å². The van der Waals surface area contributed by atoms with Crippen molar-refractivity contribution in [3.8, 4) is 0 Å². The Kier molecular flexibility index (Phi) is 7.28. The molecule has 0 unspecified atom stereocenters. The number of carbonyl (C=O) groups excluding carboxylic acids is 1. The quantitative estimate of drug-likeness (QED) is 0.553. The molecule has 1 saturated carbocycles. The topological polar surface area (TPSA) is 81.7 Å². The van der Waals surface area contributed by atoms with Gasteiger partial charge >= 0.3 is 12.0 Å². The number of alkyl halides is 1. The molecular weight excluding hydrogens is 265 g/mol. The number of urea groups is 1. The summed E-state index contributed by atoms with van der Waals surface area (Å²) in [5.41, 5.74) is 0. The lowest BCUT2D eigenvalue weighted by Crippen LogP contribution is -2.56. The Labute approximate surface area is 118 Å². The number of likely N-dealkylation sites (N-methyl/N-ethyl adjacent to an activating group) is 1. The number of carboxylic acids is 1. The fourth-order valence-corrected chi connectivity index (χ4v) is 2.33. The van der Waals surface area contributed by atoms with Gasteiger partial charge in [-0.2, -0.15) is 0 Å². The van der Waals surface area contributed by atoms with Crippen molar-refractivity contribution in [2.45, 2.75) is 44.7 Å². The first kappa shape index (κ1) is 16.7. The summed E-state index contributed by atoms with van der Waals surface area (Å²) in [6.07, 6.45) is 2.66. The molecule has 1 fully saturated rings. The van der Waals surface area contributed by atoms with Crippen molar-refractivity contribution >= 4 is 12.0 Å². The Morgan fingerprint density at radius 2 is 2.05 bits per heavy atom. The van der Waals surface area contributed by atoms with Gasteiger partial charge in [-0.15, -0.1) is 0 Å². The highest BCUT2D eigenvalue weighted by molar-refractivity contribution is 5.74. The average molecular weight is 289 g/mol. The molecule has 2 amide bonds. The number of hydrogen-bond donors (Lipinski definition) is 3. The Bertz CT molecular complexity index is 322. The number of unbranched alkanes of at least 4 members (excludes halogenated alkanes) is 1. The number of carboxylic acid groups (broad SMARTS) is 1. The number of aliphatic carboxylic acids is 1. The second-order valence-corrected chi connectivity index (χ2v) is 5.08. The van der Waals surface area contributed by atoms with Crippen LogP contribution < -0.4 is 10.6 Å². The highest BCUT2D eigenvalue weighted by Gasteiger charge is 2.34. The zero-order chi connectivity index (χ0) is 15.0. The smallest absolute Gasteiger partial charge is 0.317 e. The van der Waals surface area contributed by atoms with E-state index in [0.29, 0.717) is 25.9 Å². The molecule has 1 rings (SSSR count). The summed E-state index contributed by atoms with van der Waals surface area (Å²) >= 11 is 0. The number of carbonyl (C=O) groups is 2. The molecule has 0 heterocycles. The predicted molar refractivity (Wildman–Crippen MR) is 73.4 cm³/mol. The Morgan fingerprint density at radius 3 is 2.60 bits per heavy atom. The summed E-state index contributed by atoms with van der Waals surface area (Å²) in [6, 6.07) is 0.102. The monoisotopic (exact) mass is 289 g/mol. The first-order valence-electron chi connectivity index (χ1n) is 7.13. The van der Waals surface area contributed by atoms with E-state index in [1.165, 1.54) is 0 Å². The first-order valence-corrected chi connectivity index (χ1v) is 7.13. The lowest BCUT2D eigenvalue weighted by Gasteiger charge is -2.42. The molecule has 0 aliphatic heterocycles. The molecule has 0 spiro atoms. The summed E-state index contributed by atoms with van der Waals surface area (Å²) in [7, 11) is 0. The zero-order valence-electron chi connectivity index (χ0n) is 11.9. The number of halogens is 1. The molecule has 7 heteroatoms. The molecule has 116 valence electrons. The molecule has 1 aliphatic carbocycles. The molecule has 0 aromatic rings. The van der Waals surface area contributed by atoms with Gasteiger partial charge in [0, 0.05) is 18.6 Å². The summed E-state index contributed by atoms with van der Waals surface area (Å²) in [5, 5.41) is 14.3. The van der Waals surface area contributed by atoms with Crippen LogP contribution in [0.5, 0.6) is 0 Å². The van der Waals surface area contributed by atoms with E-state index in [0.717, 1.165) is 12.8 Å². The Morgan fingerprint density at radius 1 is 1.35 bits per heavy atom. The second-order valence-electron chi connectivity index (χ2n) is 5.08. The molecule has 20 heavy (non-hydrogen) atoms. The van der Waals surface area contributed by atoms with Crippen molar-refractivity contribution in [1.29, 1.82) is 0 Å². The second kappa shape index (κ2) is 8.73. The number of nitrogens with one attached hydrogen (secondary N) is 2. The Hall–Kier alpha value is -1.37. The van der Waals surface area contributed by atoms with Gasteiger partial charge in [-0.1, -0.05) is 6.92 Å². The van der Waals surface area contributed by atoms with E-state index in [1.807, 2.05) is 11.8 Å². The van der Waals surface area contributed by atoms with Gasteiger partial charge in [0.25, 0.3) is 0 Å². The third-order valence-corrected chi connectivity index (χ3v) is 3.56. The fourth-order valence-electron chi connectivity index (χ4n) is 2.33. The van der Waals surface area contributed by atoms with E-state index in [4.69, 9.17) is 5.11 Å². The van der Waals surface area contributed by atoms with Crippen LogP contribution in [0.25, 0.3) is 0 Å². The van der Waals surface area contributed by atoms with Crippen molar-refractivity contribution < 1.29 is 19.1 Å². The molecule has 3 N–H and O–H groups in total. The molecule has 0 saturated heterocycles. The van der Waals surface area contributed by atoms with Crippen LogP contribution in [0.1, 0.15) is 32.6 Å². The summed E-state index contributed by atoms with van der Waals surface area (Å²) in [5.74, 6) is -0.825. The standard InChI is InChI=1S/C13H24FN3O3/c1-2-17(9-12(18)19)11-7-10(8-11)16-13(20)15-6-4-3-5-14/h10-11H,2-9H2,1H3,(H,18,19)(H2,15,16,20). The van der Waals surface area contributed by atoms with Crippen molar-refractivity contribution in [2.75, 3.05) is 26.3 Å². The van der Waals surface area contributed by atoms with Gasteiger partial charge in [0.1, 0.15) is 0 Å². The maximum Gasteiger partial charge on any atom is 0.317 e. The SMILES string of the molecule is CCN(CC(=O)O)C1CC(NC(=O)NCCCCF)C1. The lowest BCUT2D eigenvalue weighted by atomic mass is 9.85. The van der Waals surface area contributed by atoms with Gasteiger partial charge in [-0.25, -0.2) is 4.79 Å². The molecule has 6 nitrogen and oxygen atoms in total. The van der Waals surface area contributed by atoms with E-state index in [2.05, 4.69) is 10.6 Å². The summed E-state index contributed by atoms with van der Waals surface area (Å²) in [6.45, 7) is 2.79. The summed E-state index contributed by atoms with van der Waals surface area (Å²) in [4.78, 5) is 24.1. The van der Waals surface area contributed by atoms with Crippen molar-refractivity contribution in [3.63, 3.8) is 0 Å². The third kappa shape index (κ3) is 5.73. The average Bonchev–Trinajstić information content (AvgIpc) is 2.36. The van der Waals surface area contributed by atoms with Crippen molar-refractivity contribution in [2.24, 2.45) is 0 Å². The zero-order valence-corrected chi connectivity index (χ0v) is 11.9. The van der Waals surface area contributed by atoms with E-state index < -0.39 is 5.97 Å². The van der Waals surface area contributed by atoms with Crippen LogP contribution in [0, 0.1) is 0 Å². The van der Waals surface area contributed by atoms with E-state index in [-0.39, 0.29) is 31.3 Å². The van der Waals surface area contributed by atoms with Gasteiger partial charge in [-0.3, -0.25) is 14.1 Å². The van der Waals surface area contributed by atoms with Gasteiger partial charge in [-0.05, 0) is 32.2 Å². The highest BCUT2D eigenvalue weighted by atomic mass is 19.1. The van der Waals surface area contributed by atoms with E-state index in [1.54, 1.807) is 0 Å². The van der Waals surface area contributed by atoms with Crippen LogP contribution in [-0.2, 0) is 4.79 Å². The molecule has 0 aromatic carbocycles. The summed E-state index contributed by atoms with van der Waals surface area (Å²) < 4.78 is 11.9. The number of nitrogens with zero attached hydrogens (tertiary/aromatic N) is 1. The third-order valence-electron chi connectivity index (χ3n) is 3.56. The van der Waals surface area contributed by atoms with Crippen molar-refractivity contribution in [1.82, 2.24) is 15.5 Å². The van der Waals surface area contributed by atoms with E-state index >= 15 is 0 Å². The molecule has 1 aliphatic rings. The van der Waals surface area contributed by atoms with Crippen LogP contribution in [0.15, 0.2) is 0 Å². The van der Waals surface area contributed by atoms with Gasteiger partial charge in [0.05, 0.1) is 13.2 Å². The van der Waals surface area contributed by atoms with Gasteiger partial charge in [0.15, 0.2) is 0 Å². The maximum atomic E-state index is 11.9. The first-order chi connectivity index (χ1) is 9.56. The maximum absolute atomic E-state index is 11.9. The minimum Gasteiger partial charge on any atom is -0.480 e. The van der Waals surface area contributed by atoms with E-state index in [9.17, 15) is 14.0 Å². The normalized spacial score (nSPS) is 21.4. The van der Waals surface area contributed by atoms with Gasteiger partial charge in [0.2, 0.25) is 0 Å². The highest BCUT2D eigenvalue weighted by Crippen LogP contribution is 2.25.